The molecule has 0 aromatic carbocycles. The van der Waals surface area contributed by atoms with Crippen LogP contribution >= 0.6 is 22.3 Å². The molecule has 2 heterocycles. The van der Waals surface area contributed by atoms with Crippen molar-refractivity contribution >= 4 is 22.3 Å². The highest BCUT2D eigenvalue weighted by atomic mass is 35.5. The largest absolute Gasteiger partial charge is 0.351 e. The summed E-state index contributed by atoms with van der Waals surface area (Å²) < 4.78 is 14.0. The van der Waals surface area contributed by atoms with Crippen LogP contribution in [0.1, 0.15) is 18.1 Å². The first-order chi connectivity index (χ1) is 7.70. The summed E-state index contributed by atoms with van der Waals surface area (Å²) in [5.74, 6) is 5.62. The molecule has 0 saturated carbocycles. The third kappa shape index (κ3) is 2.54. The fourth-order valence-corrected chi connectivity index (χ4v) is 3.90. The number of nitrogen functional groups attached to an aromatic ring is 1. The van der Waals surface area contributed by atoms with Crippen LogP contribution in [0.2, 0.25) is 5.15 Å². The van der Waals surface area contributed by atoms with E-state index in [0.717, 1.165) is 19.4 Å². The van der Waals surface area contributed by atoms with Crippen LogP contribution in [-0.2, 0) is 9.47 Å². The van der Waals surface area contributed by atoms with Crippen LogP contribution in [-0.4, -0.2) is 34.5 Å². The predicted octanol–water partition coefficient (Wildman–Crippen LogP) is 1.71. The minimum absolute atomic E-state index is 0.197. The van der Waals surface area contributed by atoms with Gasteiger partial charge in [-0.1, -0.05) is 21.0 Å². The number of nitrogens with one attached hydrogen (secondary N) is 2. The molecule has 92 valence electrons. The zero-order valence-corrected chi connectivity index (χ0v) is 10.6. The second-order valence-electron chi connectivity index (χ2n) is 3.57. The van der Waals surface area contributed by atoms with Crippen molar-refractivity contribution in [2.45, 2.75) is 24.4 Å². The molecule has 4 N–H and O–H groups in total. The number of aromatic amines is 2. The van der Waals surface area contributed by atoms with Gasteiger partial charge in [0.25, 0.3) is 0 Å². The minimum Gasteiger partial charge on any atom is -0.351 e. The maximum absolute atomic E-state index is 5.93. The summed E-state index contributed by atoms with van der Waals surface area (Å²) in [4.78, 5) is 1.27. The van der Waals surface area contributed by atoms with E-state index < -0.39 is 0 Å². The number of H-pyrrole nitrogens is 2. The topological polar surface area (TPSA) is 81.0 Å². The first kappa shape index (κ1) is 11.8. The van der Waals surface area contributed by atoms with E-state index in [2.05, 4.69) is 9.59 Å². The number of halogens is 1. The lowest BCUT2D eigenvalue weighted by Crippen LogP contribution is -2.28. The molecule has 6 nitrogen and oxygen atoms in total. The molecule has 0 radical (unpaired) electrons. The summed E-state index contributed by atoms with van der Waals surface area (Å²) in [7, 11) is 1.38. The molecule has 1 aromatic rings. The highest BCUT2D eigenvalue weighted by Gasteiger charge is 2.35. The van der Waals surface area contributed by atoms with Gasteiger partial charge in [-0.15, -0.1) is 0 Å². The Labute approximate surface area is 101 Å². The number of hydrogen-bond acceptors (Lipinski definition) is 3. The molecule has 2 rings (SSSR count). The van der Waals surface area contributed by atoms with Crippen LogP contribution in [0.25, 0.3) is 0 Å². The Morgan fingerprint density at radius 2 is 2.56 bits per heavy atom. The van der Waals surface area contributed by atoms with Crippen molar-refractivity contribution in [2.75, 3.05) is 19.6 Å². The van der Waals surface area contributed by atoms with Crippen LogP contribution in [0.15, 0.2) is 5.38 Å². The van der Waals surface area contributed by atoms with E-state index in [1.807, 2.05) is 5.38 Å². The standard InChI is InChI=1S/C8H16ClN4O2S/c1-14-8-6(3-2-4-15-8)16-5-7(9)11-13(10)12-16/h5-6,8,11-12H,2-4,10H2,1H3/q+1. The Morgan fingerprint density at radius 3 is 3.25 bits per heavy atom. The van der Waals surface area contributed by atoms with E-state index in [9.17, 15) is 0 Å². The average Bonchev–Trinajstić information content (AvgIpc) is 2.27. The lowest BCUT2D eigenvalue weighted by atomic mass is 10.2. The van der Waals surface area contributed by atoms with Gasteiger partial charge >= 0.3 is 0 Å². The van der Waals surface area contributed by atoms with E-state index >= 15 is 0 Å². The Kier molecular flexibility index (Phi) is 3.80. The van der Waals surface area contributed by atoms with Crippen molar-refractivity contribution in [3.63, 3.8) is 0 Å². The molecule has 1 fully saturated rings. The molecule has 3 atom stereocenters. The van der Waals surface area contributed by atoms with Crippen molar-refractivity contribution in [3.05, 3.63) is 10.5 Å². The average molecular weight is 268 g/mol. The molecule has 0 amide bonds. The van der Waals surface area contributed by atoms with Gasteiger partial charge in [0.1, 0.15) is 0 Å². The van der Waals surface area contributed by atoms with E-state index in [-0.39, 0.29) is 22.2 Å². The van der Waals surface area contributed by atoms with Crippen LogP contribution in [0.5, 0.6) is 0 Å². The Bertz CT molecular complexity index is 361. The minimum atomic E-state index is -0.277. The van der Waals surface area contributed by atoms with Crippen molar-refractivity contribution < 1.29 is 9.47 Å². The second-order valence-corrected chi connectivity index (χ2v) is 5.74. The maximum atomic E-state index is 5.93. The lowest BCUT2D eigenvalue weighted by molar-refractivity contribution is -0.149. The van der Waals surface area contributed by atoms with Crippen LogP contribution in [0, 0.1) is 0 Å². The van der Waals surface area contributed by atoms with Crippen LogP contribution < -0.4 is 5.84 Å². The third-order valence-electron chi connectivity index (χ3n) is 2.44. The molecule has 1 aliphatic heterocycles. The molecule has 1 aliphatic rings. The van der Waals surface area contributed by atoms with E-state index in [1.54, 1.807) is 7.11 Å². The van der Waals surface area contributed by atoms with Crippen molar-refractivity contribution in [1.29, 1.82) is 0 Å². The molecule has 8 heteroatoms. The number of methoxy groups -OCH3 is 1. The summed E-state index contributed by atoms with van der Waals surface area (Å²) in [6.45, 7) is 0.744. The van der Waals surface area contributed by atoms with E-state index in [0.29, 0.717) is 5.15 Å². The van der Waals surface area contributed by atoms with Crippen molar-refractivity contribution in [3.8, 4) is 0 Å². The zero-order chi connectivity index (χ0) is 11.5. The van der Waals surface area contributed by atoms with Gasteiger partial charge in [-0.05, 0) is 6.42 Å². The van der Waals surface area contributed by atoms with Gasteiger partial charge in [0.15, 0.2) is 10.5 Å². The van der Waals surface area contributed by atoms with Gasteiger partial charge < -0.3 is 15.3 Å². The fraction of sp³-hybridized carbons (Fsp3) is 0.750. The van der Waals surface area contributed by atoms with Gasteiger partial charge in [-0.25, -0.2) is 5.10 Å². The number of nitrogens with two attached hydrogens (primary N) is 1. The molecule has 0 bridgehead atoms. The van der Waals surface area contributed by atoms with Gasteiger partial charge in [0.05, 0.1) is 17.3 Å². The van der Waals surface area contributed by atoms with Gasteiger partial charge in [-0.3, -0.25) is 0 Å². The van der Waals surface area contributed by atoms with Crippen LogP contribution in [0.3, 0.4) is 0 Å². The van der Waals surface area contributed by atoms with Crippen molar-refractivity contribution in [1.82, 2.24) is 14.5 Å². The zero-order valence-electron chi connectivity index (χ0n) is 8.98. The second kappa shape index (κ2) is 5.13. The monoisotopic (exact) mass is 267 g/mol. The molecule has 1 saturated heterocycles. The smallest absolute Gasteiger partial charge is 0.212 e. The normalized spacial score (nSPS) is 26.8. The third-order valence-corrected chi connectivity index (χ3v) is 4.77. The Balaban J connectivity index is 2.26. The van der Waals surface area contributed by atoms with Gasteiger partial charge in [0, 0.05) is 13.5 Å². The summed E-state index contributed by atoms with van der Waals surface area (Å²) in [5, 5.41) is 5.40. The Hall–Kier alpha value is -0.630. The van der Waals surface area contributed by atoms with E-state index in [4.69, 9.17) is 26.9 Å². The van der Waals surface area contributed by atoms with Crippen molar-refractivity contribution in [2.24, 2.45) is 0 Å². The SMILES string of the molecule is COC1OCCCC1[s+]1cc(Cl)[nH]n(N)[nH]1. The number of aromatic nitrogens is 3. The molecule has 0 spiro atoms. The van der Waals surface area contributed by atoms with Gasteiger partial charge in [0.2, 0.25) is 11.5 Å². The van der Waals surface area contributed by atoms with E-state index in [1.165, 1.54) is 4.91 Å². The number of ether oxygens (including phenoxy) is 2. The number of nitrogens with zero attached hydrogens (tertiary/aromatic N) is 1. The number of rotatable bonds is 2. The summed E-state index contributed by atoms with van der Waals surface area (Å²) in [6.07, 6.45) is 1.86. The first-order valence-electron chi connectivity index (χ1n) is 5.02. The molecular formula is C8H16ClN4O2S+. The molecule has 1 aromatic heterocycles. The quantitative estimate of drug-likeness (QED) is 0.564. The molecule has 0 aliphatic carbocycles. The molecular weight excluding hydrogens is 252 g/mol. The first-order valence-corrected chi connectivity index (χ1v) is 6.75. The highest BCUT2D eigenvalue weighted by Crippen LogP contribution is 2.38. The Morgan fingerprint density at radius 1 is 1.75 bits per heavy atom. The van der Waals surface area contributed by atoms with Crippen LogP contribution in [0.4, 0.5) is 0 Å². The predicted molar refractivity (Wildman–Crippen MR) is 63.4 cm³/mol. The summed E-state index contributed by atoms with van der Waals surface area (Å²) in [5.41, 5.74) is 0. The molecule has 3 unspecified atom stereocenters. The van der Waals surface area contributed by atoms with Gasteiger partial charge in [-0.2, -0.15) is 0 Å². The fourth-order valence-electron chi connectivity index (χ4n) is 1.76. The highest BCUT2D eigenvalue weighted by molar-refractivity contribution is 7.25. The molecule has 16 heavy (non-hydrogen) atoms. The summed E-state index contributed by atoms with van der Waals surface area (Å²) >= 11 is 5.93. The number of hydrogen-bond donors (Lipinski definition) is 3. The summed E-state index contributed by atoms with van der Waals surface area (Å²) in [6, 6.07) is 0. The maximum Gasteiger partial charge on any atom is 0.212 e. The lowest BCUT2D eigenvalue weighted by Gasteiger charge is -2.25.